The number of hydrogen-bond acceptors (Lipinski definition) is 4. The molecule has 2 rings (SSSR count). The third kappa shape index (κ3) is 5.65. The number of halogens is 1. The molecule has 0 spiro atoms. The third-order valence-electron chi connectivity index (χ3n) is 3.74. The van der Waals surface area contributed by atoms with Crippen molar-refractivity contribution < 1.29 is 0 Å². The molecule has 1 aliphatic carbocycles. The minimum Gasteiger partial charge on any atom is -0.354 e. The number of hydrogen-bond donors (Lipinski definition) is 2. The molecular formula is C13H25IN6S. The molecule has 21 heavy (non-hydrogen) atoms. The molecule has 0 radical (unpaired) electrons. The van der Waals surface area contributed by atoms with Crippen LogP contribution in [0, 0.1) is 0 Å². The SMILES string of the molecule is CN=C(NCc1ncnn1C)NC1CCCC(SC)C1.I. The predicted molar refractivity (Wildman–Crippen MR) is 99.3 cm³/mol. The predicted octanol–water partition coefficient (Wildman–Crippen LogP) is 1.77. The van der Waals surface area contributed by atoms with Crippen LogP contribution >= 0.6 is 35.7 Å². The van der Waals surface area contributed by atoms with Crippen LogP contribution in [0.1, 0.15) is 31.5 Å². The Morgan fingerprint density at radius 1 is 1.52 bits per heavy atom. The lowest BCUT2D eigenvalue weighted by Gasteiger charge is -2.29. The first kappa shape index (κ1) is 18.5. The van der Waals surface area contributed by atoms with E-state index >= 15 is 0 Å². The molecule has 0 amide bonds. The zero-order chi connectivity index (χ0) is 14.4. The van der Waals surface area contributed by atoms with Crippen molar-refractivity contribution in [1.29, 1.82) is 0 Å². The van der Waals surface area contributed by atoms with Crippen molar-refractivity contribution in [1.82, 2.24) is 25.4 Å². The molecule has 1 aliphatic rings. The minimum atomic E-state index is 0. The molecule has 2 atom stereocenters. The van der Waals surface area contributed by atoms with Gasteiger partial charge in [-0.2, -0.15) is 16.9 Å². The van der Waals surface area contributed by atoms with Crippen LogP contribution in [-0.2, 0) is 13.6 Å². The molecule has 0 saturated heterocycles. The van der Waals surface area contributed by atoms with Crippen LogP contribution in [0.5, 0.6) is 0 Å². The second-order valence-corrected chi connectivity index (χ2v) is 6.23. The Balaban J connectivity index is 0.00000220. The van der Waals surface area contributed by atoms with Gasteiger partial charge in [0, 0.05) is 25.4 Å². The first-order valence-corrected chi connectivity index (χ1v) is 8.34. The molecule has 0 aliphatic heterocycles. The van der Waals surface area contributed by atoms with Crippen LogP contribution in [0.4, 0.5) is 0 Å². The molecule has 120 valence electrons. The summed E-state index contributed by atoms with van der Waals surface area (Å²) in [6.45, 7) is 0.634. The highest BCUT2D eigenvalue weighted by Crippen LogP contribution is 2.26. The van der Waals surface area contributed by atoms with Gasteiger partial charge in [-0.25, -0.2) is 4.98 Å². The van der Waals surface area contributed by atoms with Gasteiger partial charge in [0.15, 0.2) is 5.96 Å². The number of aliphatic imine (C=N–C) groups is 1. The van der Waals surface area contributed by atoms with E-state index in [-0.39, 0.29) is 24.0 Å². The highest BCUT2D eigenvalue weighted by Gasteiger charge is 2.21. The van der Waals surface area contributed by atoms with E-state index in [4.69, 9.17) is 0 Å². The van der Waals surface area contributed by atoms with Crippen LogP contribution in [-0.4, -0.2) is 45.3 Å². The fourth-order valence-corrected chi connectivity index (χ4v) is 3.35. The second-order valence-electron chi connectivity index (χ2n) is 5.09. The maximum absolute atomic E-state index is 4.29. The van der Waals surface area contributed by atoms with E-state index < -0.39 is 0 Å². The molecule has 1 saturated carbocycles. The van der Waals surface area contributed by atoms with Gasteiger partial charge in [0.25, 0.3) is 0 Å². The summed E-state index contributed by atoms with van der Waals surface area (Å²) in [4.78, 5) is 8.49. The maximum atomic E-state index is 4.29. The van der Waals surface area contributed by atoms with E-state index in [2.05, 4.69) is 32.0 Å². The van der Waals surface area contributed by atoms with E-state index in [1.54, 1.807) is 18.1 Å². The average Bonchev–Trinajstić information content (AvgIpc) is 2.89. The highest BCUT2D eigenvalue weighted by molar-refractivity contribution is 14.0. The van der Waals surface area contributed by atoms with E-state index in [9.17, 15) is 0 Å². The Morgan fingerprint density at radius 3 is 2.95 bits per heavy atom. The van der Waals surface area contributed by atoms with Gasteiger partial charge in [-0.15, -0.1) is 24.0 Å². The largest absolute Gasteiger partial charge is 0.354 e. The first-order valence-electron chi connectivity index (χ1n) is 7.05. The fourth-order valence-electron chi connectivity index (χ4n) is 2.52. The van der Waals surface area contributed by atoms with Gasteiger partial charge in [-0.3, -0.25) is 9.67 Å². The lowest BCUT2D eigenvalue weighted by atomic mass is 9.95. The van der Waals surface area contributed by atoms with Crippen LogP contribution in [0.2, 0.25) is 0 Å². The quantitative estimate of drug-likeness (QED) is 0.438. The molecule has 0 aromatic carbocycles. The van der Waals surface area contributed by atoms with Gasteiger partial charge >= 0.3 is 0 Å². The van der Waals surface area contributed by atoms with Gasteiger partial charge in [0.2, 0.25) is 0 Å². The molecule has 0 bridgehead atoms. The van der Waals surface area contributed by atoms with Crippen molar-refractivity contribution in [2.24, 2.45) is 12.0 Å². The Morgan fingerprint density at radius 2 is 2.33 bits per heavy atom. The summed E-state index contributed by atoms with van der Waals surface area (Å²) in [6.07, 6.45) is 8.84. The number of thioether (sulfide) groups is 1. The normalized spacial score (nSPS) is 22.5. The average molecular weight is 424 g/mol. The molecule has 8 heteroatoms. The van der Waals surface area contributed by atoms with E-state index in [0.29, 0.717) is 12.6 Å². The summed E-state index contributed by atoms with van der Waals surface area (Å²) in [5.41, 5.74) is 0. The standard InChI is InChI=1S/C13H24N6S.HI/c1-14-13(15-8-12-16-9-17-19(12)2)18-10-5-4-6-11(7-10)20-3;/h9-11H,4-8H2,1-3H3,(H2,14,15,18);1H. The van der Waals surface area contributed by atoms with Crippen LogP contribution in [0.3, 0.4) is 0 Å². The smallest absolute Gasteiger partial charge is 0.191 e. The Labute approximate surface area is 148 Å². The van der Waals surface area contributed by atoms with E-state index in [1.807, 2.05) is 18.8 Å². The monoisotopic (exact) mass is 424 g/mol. The summed E-state index contributed by atoms with van der Waals surface area (Å²) in [5, 5.41) is 11.7. The van der Waals surface area contributed by atoms with Gasteiger partial charge in [-0.05, 0) is 25.5 Å². The second kappa shape index (κ2) is 9.50. The highest BCUT2D eigenvalue weighted by atomic mass is 127. The summed E-state index contributed by atoms with van der Waals surface area (Å²) in [5.74, 6) is 1.75. The maximum Gasteiger partial charge on any atom is 0.191 e. The van der Waals surface area contributed by atoms with Crippen molar-refractivity contribution in [3.63, 3.8) is 0 Å². The van der Waals surface area contributed by atoms with E-state index in [1.165, 1.54) is 25.7 Å². The molecule has 1 fully saturated rings. The van der Waals surface area contributed by atoms with Gasteiger partial charge in [-0.1, -0.05) is 6.42 Å². The van der Waals surface area contributed by atoms with Crippen LogP contribution in [0.25, 0.3) is 0 Å². The number of guanidine groups is 1. The Kier molecular flexibility index (Phi) is 8.38. The summed E-state index contributed by atoms with van der Waals surface area (Å²) in [6, 6.07) is 0.520. The van der Waals surface area contributed by atoms with Gasteiger partial charge < -0.3 is 10.6 Å². The summed E-state index contributed by atoms with van der Waals surface area (Å²) < 4.78 is 1.77. The van der Waals surface area contributed by atoms with Crippen molar-refractivity contribution in [3.8, 4) is 0 Å². The van der Waals surface area contributed by atoms with Crippen molar-refractivity contribution in [2.75, 3.05) is 13.3 Å². The minimum absolute atomic E-state index is 0. The molecular weight excluding hydrogens is 399 g/mol. The third-order valence-corrected chi connectivity index (χ3v) is 4.84. The zero-order valence-corrected chi connectivity index (χ0v) is 16.0. The van der Waals surface area contributed by atoms with Crippen LogP contribution < -0.4 is 10.6 Å². The summed E-state index contributed by atoms with van der Waals surface area (Å²) in [7, 11) is 3.70. The topological polar surface area (TPSA) is 67.1 Å². The van der Waals surface area contributed by atoms with Crippen molar-refractivity contribution in [3.05, 3.63) is 12.2 Å². The fraction of sp³-hybridized carbons (Fsp3) is 0.769. The van der Waals surface area contributed by atoms with E-state index in [0.717, 1.165) is 17.0 Å². The number of aromatic nitrogens is 3. The van der Waals surface area contributed by atoms with Gasteiger partial charge in [0.05, 0.1) is 6.54 Å². The zero-order valence-electron chi connectivity index (χ0n) is 12.9. The lowest BCUT2D eigenvalue weighted by molar-refractivity contribution is 0.418. The number of nitrogens with one attached hydrogen (secondary N) is 2. The van der Waals surface area contributed by atoms with Crippen molar-refractivity contribution >= 4 is 41.7 Å². The Hall–Kier alpha value is -0.510. The molecule has 6 nitrogen and oxygen atoms in total. The molecule has 1 heterocycles. The molecule has 1 aromatic heterocycles. The molecule has 1 aromatic rings. The van der Waals surface area contributed by atoms with Gasteiger partial charge in [0.1, 0.15) is 12.2 Å². The molecule has 2 N–H and O–H groups in total. The molecule has 2 unspecified atom stereocenters. The van der Waals surface area contributed by atoms with Crippen molar-refractivity contribution in [2.45, 2.75) is 43.5 Å². The lowest BCUT2D eigenvalue weighted by Crippen LogP contribution is -2.45. The number of nitrogens with zero attached hydrogens (tertiary/aromatic N) is 4. The Bertz CT molecular complexity index is 450. The first-order chi connectivity index (χ1) is 9.72. The van der Waals surface area contributed by atoms with Crippen LogP contribution in [0.15, 0.2) is 11.3 Å². The summed E-state index contributed by atoms with van der Waals surface area (Å²) >= 11 is 1.98. The number of aryl methyl sites for hydroxylation is 1. The number of rotatable bonds is 4.